The number of quaternary nitrogens is 1. The summed E-state index contributed by atoms with van der Waals surface area (Å²) in [6.07, 6.45) is 0.0357. The Balaban J connectivity index is 1.38. The standard InChI is InChI=1S/C26H28N2O2/c29-26(25(22-12-6-2-7-13-22)23-14-8-3-9-15-23)27-18-24-20-28(16-17-30-24)19-21-10-4-1-5-11-21/h1-15,24-25H,16-20H2,(H,27,29)/p+1/t24-/m1/s1. The van der Waals surface area contributed by atoms with Gasteiger partial charge in [-0.25, -0.2) is 0 Å². The normalized spacial score (nSPS) is 18.8. The molecule has 0 saturated carbocycles. The predicted octanol–water partition coefficient (Wildman–Crippen LogP) is 2.42. The highest BCUT2D eigenvalue weighted by Crippen LogP contribution is 2.24. The summed E-state index contributed by atoms with van der Waals surface area (Å²) in [6, 6.07) is 30.5. The molecule has 2 atom stereocenters. The summed E-state index contributed by atoms with van der Waals surface area (Å²) in [6.45, 7) is 4.15. The molecule has 4 nitrogen and oxygen atoms in total. The van der Waals surface area contributed by atoms with Gasteiger partial charge in [-0.2, -0.15) is 0 Å². The van der Waals surface area contributed by atoms with E-state index in [1.165, 1.54) is 10.5 Å². The van der Waals surface area contributed by atoms with E-state index in [1.807, 2.05) is 66.7 Å². The monoisotopic (exact) mass is 401 g/mol. The Kier molecular flexibility index (Phi) is 6.91. The van der Waals surface area contributed by atoms with Gasteiger partial charge in [-0.3, -0.25) is 4.79 Å². The zero-order valence-corrected chi connectivity index (χ0v) is 17.2. The lowest BCUT2D eigenvalue weighted by atomic mass is 9.90. The first kappa shape index (κ1) is 20.3. The van der Waals surface area contributed by atoms with Crippen molar-refractivity contribution in [2.75, 3.05) is 26.2 Å². The molecule has 1 fully saturated rings. The molecule has 4 heteroatoms. The molecular weight excluding hydrogens is 372 g/mol. The van der Waals surface area contributed by atoms with Gasteiger partial charge in [0.15, 0.2) is 0 Å². The van der Waals surface area contributed by atoms with Crippen LogP contribution in [-0.4, -0.2) is 38.3 Å². The van der Waals surface area contributed by atoms with Crippen LogP contribution in [0.2, 0.25) is 0 Å². The minimum Gasteiger partial charge on any atom is -0.365 e. The Morgan fingerprint density at radius 1 is 0.900 bits per heavy atom. The molecule has 1 saturated heterocycles. The fraction of sp³-hybridized carbons (Fsp3) is 0.269. The summed E-state index contributed by atoms with van der Waals surface area (Å²) < 4.78 is 5.95. The van der Waals surface area contributed by atoms with Crippen molar-refractivity contribution in [1.82, 2.24) is 5.32 Å². The van der Waals surface area contributed by atoms with Gasteiger partial charge in [-0.15, -0.1) is 0 Å². The van der Waals surface area contributed by atoms with E-state index in [9.17, 15) is 4.79 Å². The molecule has 154 valence electrons. The third-order valence-electron chi connectivity index (χ3n) is 5.65. The second-order valence-electron chi connectivity index (χ2n) is 7.86. The number of amides is 1. The molecule has 3 aromatic rings. The first-order chi connectivity index (χ1) is 14.8. The molecule has 0 aromatic heterocycles. The molecule has 3 aromatic carbocycles. The topological polar surface area (TPSA) is 42.8 Å². The van der Waals surface area contributed by atoms with E-state index in [1.54, 1.807) is 0 Å². The average Bonchev–Trinajstić information content (AvgIpc) is 2.80. The van der Waals surface area contributed by atoms with Crippen LogP contribution in [0.25, 0.3) is 0 Å². The summed E-state index contributed by atoms with van der Waals surface area (Å²) >= 11 is 0. The van der Waals surface area contributed by atoms with Crippen LogP contribution in [-0.2, 0) is 16.1 Å². The molecule has 2 N–H and O–H groups in total. The van der Waals surface area contributed by atoms with Gasteiger partial charge < -0.3 is 15.0 Å². The number of carbonyl (C=O) groups is 1. The van der Waals surface area contributed by atoms with E-state index in [4.69, 9.17) is 4.74 Å². The van der Waals surface area contributed by atoms with Gasteiger partial charge in [0.2, 0.25) is 5.91 Å². The SMILES string of the molecule is O=C(NC[C@@H]1C[NH+](Cc2ccccc2)CCO1)C(c1ccccc1)c1ccccc1. The Morgan fingerprint density at radius 2 is 1.47 bits per heavy atom. The van der Waals surface area contributed by atoms with Crippen molar-refractivity contribution in [1.29, 1.82) is 0 Å². The van der Waals surface area contributed by atoms with E-state index in [0.717, 1.165) is 37.4 Å². The first-order valence-electron chi connectivity index (χ1n) is 10.7. The van der Waals surface area contributed by atoms with Crippen LogP contribution in [0, 0.1) is 0 Å². The van der Waals surface area contributed by atoms with Crippen LogP contribution in [0.3, 0.4) is 0 Å². The molecule has 0 radical (unpaired) electrons. The van der Waals surface area contributed by atoms with E-state index in [0.29, 0.717) is 6.54 Å². The fourth-order valence-corrected chi connectivity index (χ4v) is 4.13. The van der Waals surface area contributed by atoms with Crippen LogP contribution in [0.1, 0.15) is 22.6 Å². The predicted molar refractivity (Wildman–Crippen MR) is 118 cm³/mol. The quantitative estimate of drug-likeness (QED) is 0.639. The van der Waals surface area contributed by atoms with E-state index < -0.39 is 0 Å². The second-order valence-corrected chi connectivity index (χ2v) is 7.86. The van der Waals surface area contributed by atoms with Crippen molar-refractivity contribution >= 4 is 5.91 Å². The molecule has 30 heavy (non-hydrogen) atoms. The van der Waals surface area contributed by atoms with Crippen LogP contribution in [0.5, 0.6) is 0 Å². The molecule has 0 aliphatic carbocycles. The second kappa shape index (κ2) is 10.2. The van der Waals surface area contributed by atoms with Gasteiger partial charge >= 0.3 is 0 Å². The largest absolute Gasteiger partial charge is 0.365 e. The number of hydrogen-bond acceptors (Lipinski definition) is 2. The van der Waals surface area contributed by atoms with Crippen molar-refractivity contribution in [2.45, 2.75) is 18.6 Å². The number of ether oxygens (including phenoxy) is 1. The highest BCUT2D eigenvalue weighted by Gasteiger charge is 2.27. The average molecular weight is 402 g/mol. The highest BCUT2D eigenvalue weighted by molar-refractivity contribution is 5.87. The minimum atomic E-state index is -0.316. The van der Waals surface area contributed by atoms with Crippen molar-refractivity contribution in [3.63, 3.8) is 0 Å². The van der Waals surface area contributed by atoms with E-state index in [-0.39, 0.29) is 17.9 Å². The number of benzene rings is 3. The smallest absolute Gasteiger partial charge is 0.232 e. The third-order valence-corrected chi connectivity index (χ3v) is 5.65. The Hall–Kier alpha value is -2.95. The number of morpholine rings is 1. The summed E-state index contributed by atoms with van der Waals surface area (Å²) in [5, 5.41) is 3.16. The fourth-order valence-electron chi connectivity index (χ4n) is 4.13. The van der Waals surface area contributed by atoms with Crippen LogP contribution in [0.4, 0.5) is 0 Å². The summed E-state index contributed by atoms with van der Waals surface area (Å²) in [7, 11) is 0. The van der Waals surface area contributed by atoms with Gasteiger partial charge in [0.1, 0.15) is 25.7 Å². The van der Waals surface area contributed by atoms with Crippen LogP contribution >= 0.6 is 0 Å². The molecule has 1 heterocycles. The maximum absolute atomic E-state index is 13.2. The van der Waals surface area contributed by atoms with E-state index >= 15 is 0 Å². The van der Waals surface area contributed by atoms with Gasteiger partial charge in [0.25, 0.3) is 0 Å². The summed E-state index contributed by atoms with van der Waals surface area (Å²) in [5.41, 5.74) is 3.34. The molecule has 1 amide bonds. The van der Waals surface area contributed by atoms with Gasteiger partial charge in [-0.05, 0) is 11.1 Å². The van der Waals surface area contributed by atoms with Crippen LogP contribution in [0.15, 0.2) is 91.0 Å². The summed E-state index contributed by atoms with van der Waals surface area (Å²) in [4.78, 5) is 14.7. The number of carbonyl (C=O) groups excluding carboxylic acids is 1. The number of hydrogen-bond donors (Lipinski definition) is 2. The number of rotatable bonds is 7. The maximum atomic E-state index is 13.2. The maximum Gasteiger partial charge on any atom is 0.232 e. The molecule has 0 bridgehead atoms. The van der Waals surface area contributed by atoms with Gasteiger partial charge in [0, 0.05) is 12.1 Å². The molecule has 0 spiro atoms. The van der Waals surface area contributed by atoms with Gasteiger partial charge in [0.05, 0.1) is 12.5 Å². The molecule has 1 aliphatic rings. The Labute approximate surface area is 178 Å². The molecule has 1 unspecified atom stereocenters. The Morgan fingerprint density at radius 3 is 2.07 bits per heavy atom. The first-order valence-corrected chi connectivity index (χ1v) is 10.7. The lowest BCUT2D eigenvalue weighted by Gasteiger charge is -2.30. The Bertz CT molecular complexity index is 876. The minimum absolute atomic E-state index is 0.0196. The van der Waals surface area contributed by atoms with Crippen molar-refractivity contribution in [2.24, 2.45) is 0 Å². The number of nitrogens with one attached hydrogen (secondary N) is 2. The van der Waals surface area contributed by atoms with Crippen LogP contribution < -0.4 is 10.2 Å². The lowest BCUT2D eigenvalue weighted by Crippen LogP contribution is -3.13. The summed E-state index contributed by atoms with van der Waals surface area (Å²) in [5.74, 6) is -0.296. The van der Waals surface area contributed by atoms with Crippen molar-refractivity contribution < 1.29 is 14.4 Å². The van der Waals surface area contributed by atoms with Crippen molar-refractivity contribution in [3.8, 4) is 0 Å². The zero-order chi connectivity index (χ0) is 20.6. The zero-order valence-electron chi connectivity index (χ0n) is 17.2. The molecule has 1 aliphatic heterocycles. The van der Waals surface area contributed by atoms with E-state index in [2.05, 4.69) is 29.6 Å². The molecular formula is C26H29N2O2+. The third kappa shape index (κ3) is 5.35. The van der Waals surface area contributed by atoms with Crippen molar-refractivity contribution in [3.05, 3.63) is 108 Å². The van der Waals surface area contributed by atoms with Gasteiger partial charge in [-0.1, -0.05) is 91.0 Å². The molecule has 4 rings (SSSR count). The highest BCUT2D eigenvalue weighted by atomic mass is 16.5. The lowest BCUT2D eigenvalue weighted by molar-refractivity contribution is -0.925.